The second kappa shape index (κ2) is 5.25. The largest absolute Gasteiger partial charge is 0.352 e. The number of benzene rings is 1. The van der Waals surface area contributed by atoms with Crippen molar-refractivity contribution >= 4 is 11.8 Å². The highest BCUT2D eigenvalue weighted by molar-refractivity contribution is 5.93. The molecule has 3 rings (SSSR count). The minimum atomic E-state index is -1.51. The molecule has 1 aromatic carbocycles. The number of hydrogen-bond donors (Lipinski definition) is 1. The summed E-state index contributed by atoms with van der Waals surface area (Å²) < 4.78 is 39.7. The van der Waals surface area contributed by atoms with E-state index in [9.17, 15) is 22.8 Å². The highest BCUT2D eigenvalue weighted by Crippen LogP contribution is 2.49. The number of nitrogens with one attached hydrogen (secondary N) is 1. The molecular formula is C16H17F3N2O2. The zero-order valence-corrected chi connectivity index (χ0v) is 12.8. The Bertz CT molecular complexity index is 667. The first-order valence-corrected chi connectivity index (χ1v) is 7.47. The van der Waals surface area contributed by atoms with Gasteiger partial charge in [-0.15, -0.1) is 0 Å². The molecule has 1 aliphatic heterocycles. The number of nitrogens with zero attached hydrogens (tertiary/aromatic N) is 1. The van der Waals surface area contributed by atoms with E-state index in [4.69, 9.17) is 0 Å². The lowest BCUT2D eigenvalue weighted by atomic mass is 9.97. The summed E-state index contributed by atoms with van der Waals surface area (Å²) in [7, 11) is 0. The van der Waals surface area contributed by atoms with E-state index in [2.05, 4.69) is 5.32 Å². The Morgan fingerprint density at radius 1 is 1.26 bits per heavy atom. The quantitative estimate of drug-likeness (QED) is 0.845. The molecule has 1 saturated carbocycles. The van der Waals surface area contributed by atoms with Gasteiger partial charge in [0, 0.05) is 19.0 Å². The second-order valence-electron chi connectivity index (χ2n) is 6.55. The van der Waals surface area contributed by atoms with Crippen LogP contribution in [0, 0.1) is 23.4 Å². The van der Waals surface area contributed by atoms with E-state index in [1.165, 1.54) is 4.90 Å². The fourth-order valence-electron chi connectivity index (χ4n) is 3.11. The monoisotopic (exact) mass is 326 g/mol. The zero-order valence-electron chi connectivity index (χ0n) is 12.8. The number of piperazine rings is 1. The molecule has 124 valence electrons. The molecule has 0 spiro atoms. The maximum atomic E-state index is 13.3. The van der Waals surface area contributed by atoms with E-state index in [1.807, 2.05) is 0 Å². The van der Waals surface area contributed by atoms with Gasteiger partial charge in [0.2, 0.25) is 11.8 Å². The minimum absolute atomic E-state index is 0.208. The van der Waals surface area contributed by atoms with Gasteiger partial charge < -0.3 is 10.2 Å². The van der Waals surface area contributed by atoms with Crippen molar-refractivity contribution in [1.29, 1.82) is 0 Å². The molecule has 1 N–H and O–H groups in total. The normalized spacial score (nSPS) is 26.0. The predicted molar refractivity (Wildman–Crippen MR) is 76.0 cm³/mol. The number of hydrogen-bond acceptors (Lipinski definition) is 2. The third-order valence-electron chi connectivity index (χ3n) is 4.66. The Morgan fingerprint density at radius 3 is 2.48 bits per heavy atom. The average molecular weight is 326 g/mol. The van der Waals surface area contributed by atoms with Crippen LogP contribution >= 0.6 is 0 Å². The summed E-state index contributed by atoms with van der Waals surface area (Å²) in [4.78, 5) is 26.0. The van der Waals surface area contributed by atoms with Gasteiger partial charge in [0.25, 0.3) is 0 Å². The zero-order chi connectivity index (χ0) is 16.9. The van der Waals surface area contributed by atoms with E-state index < -0.39 is 28.9 Å². The first-order chi connectivity index (χ1) is 10.7. The van der Waals surface area contributed by atoms with Crippen LogP contribution in [0.5, 0.6) is 0 Å². The Balaban J connectivity index is 1.78. The number of halogens is 3. The minimum Gasteiger partial charge on any atom is -0.352 e. The van der Waals surface area contributed by atoms with E-state index in [1.54, 1.807) is 13.8 Å². The van der Waals surface area contributed by atoms with Crippen molar-refractivity contribution in [1.82, 2.24) is 10.2 Å². The molecule has 1 aromatic rings. The van der Waals surface area contributed by atoms with Crippen LogP contribution < -0.4 is 5.32 Å². The summed E-state index contributed by atoms with van der Waals surface area (Å²) in [6.45, 7) is 4.10. The molecule has 7 heteroatoms. The van der Waals surface area contributed by atoms with E-state index >= 15 is 0 Å². The Morgan fingerprint density at radius 2 is 1.87 bits per heavy atom. The first kappa shape index (κ1) is 15.8. The SMILES string of the molecule is CC1(C)C(=O)NCCN1C(=O)[C@@H]1C[C@@H]1c1cc(F)c(F)c(F)c1. The Kier molecular flexibility index (Phi) is 3.61. The number of amides is 2. The summed E-state index contributed by atoms with van der Waals surface area (Å²) in [6, 6.07) is 1.87. The highest BCUT2D eigenvalue weighted by atomic mass is 19.2. The van der Waals surface area contributed by atoms with E-state index in [0.717, 1.165) is 12.1 Å². The van der Waals surface area contributed by atoms with E-state index in [0.29, 0.717) is 19.5 Å². The first-order valence-electron chi connectivity index (χ1n) is 7.47. The van der Waals surface area contributed by atoms with Crippen LogP contribution in [0.15, 0.2) is 12.1 Å². The van der Waals surface area contributed by atoms with Gasteiger partial charge in [0.05, 0.1) is 0 Å². The Labute approximate surface area is 131 Å². The highest BCUT2D eigenvalue weighted by Gasteiger charge is 2.50. The van der Waals surface area contributed by atoms with Crippen LogP contribution in [0.3, 0.4) is 0 Å². The van der Waals surface area contributed by atoms with Gasteiger partial charge >= 0.3 is 0 Å². The third-order valence-corrected chi connectivity index (χ3v) is 4.66. The van der Waals surface area contributed by atoms with Crippen LogP contribution in [-0.4, -0.2) is 35.3 Å². The molecule has 2 amide bonds. The fraction of sp³-hybridized carbons (Fsp3) is 0.500. The molecule has 0 bridgehead atoms. The molecule has 1 aliphatic carbocycles. The number of carbonyl (C=O) groups is 2. The summed E-state index contributed by atoms with van der Waals surface area (Å²) in [5.74, 6) is -5.22. The third kappa shape index (κ3) is 2.58. The fourth-order valence-corrected chi connectivity index (χ4v) is 3.11. The van der Waals surface area contributed by atoms with Gasteiger partial charge in [0.1, 0.15) is 5.54 Å². The van der Waals surface area contributed by atoms with Gasteiger partial charge in [0.15, 0.2) is 17.5 Å². The van der Waals surface area contributed by atoms with Gasteiger partial charge in [-0.05, 0) is 43.9 Å². The molecule has 2 fully saturated rings. The van der Waals surface area contributed by atoms with Gasteiger partial charge in [-0.2, -0.15) is 0 Å². The van der Waals surface area contributed by atoms with Crippen molar-refractivity contribution in [2.75, 3.05) is 13.1 Å². The standard InChI is InChI=1S/C16H17F3N2O2/c1-16(2)15(23)20-3-4-21(16)14(22)10-7-9(10)8-5-11(17)13(19)12(18)6-8/h5-6,9-10H,3-4,7H2,1-2H3,(H,20,23)/t9-,10-/m1/s1. The second-order valence-corrected chi connectivity index (χ2v) is 6.55. The molecule has 4 nitrogen and oxygen atoms in total. The summed E-state index contributed by atoms with van der Waals surface area (Å²) in [5.41, 5.74) is -0.680. The summed E-state index contributed by atoms with van der Waals surface area (Å²) in [6.07, 6.45) is 0.442. The predicted octanol–water partition coefficient (Wildman–Crippen LogP) is 1.94. The number of rotatable bonds is 2. The molecule has 1 heterocycles. The molecule has 0 unspecified atom stereocenters. The number of carbonyl (C=O) groups excluding carboxylic acids is 2. The van der Waals surface area contributed by atoms with Crippen molar-refractivity contribution < 1.29 is 22.8 Å². The van der Waals surface area contributed by atoms with Crippen molar-refractivity contribution in [3.8, 4) is 0 Å². The van der Waals surface area contributed by atoms with Crippen LogP contribution in [0.1, 0.15) is 31.7 Å². The maximum absolute atomic E-state index is 13.3. The lowest BCUT2D eigenvalue weighted by molar-refractivity contribution is -0.150. The van der Waals surface area contributed by atoms with Crippen molar-refractivity contribution in [2.45, 2.75) is 31.7 Å². The molecule has 23 heavy (non-hydrogen) atoms. The molecule has 2 atom stereocenters. The maximum Gasteiger partial charge on any atom is 0.245 e. The van der Waals surface area contributed by atoms with Gasteiger partial charge in [-0.1, -0.05) is 0 Å². The van der Waals surface area contributed by atoms with Crippen molar-refractivity contribution in [3.63, 3.8) is 0 Å². The molecule has 0 aromatic heterocycles. The van der Waals surface area contributed by atoms with Crippen LogP contribution in [0.2, 0.25) is 0 Å². The van der Waals surface area contributed by atoms with Gasteiger partial charge in [-0.3, -0.25) is 9.59 Å². The molecular weight excluding hydrogens is 309 g/mol. The smallest absolute Gasteiger partial charge is 0.245 e. The topological polar surface area (TPSA) is 49.4 Å². The average Bonchev–Trinajstić information content (AvgIpc) is 3.27. The van der Waals surface area contributed by atoms with E-state index in [-0.39, 0.29) is 23.3 Å². The molecule has 2 aliphatic rings. The van der Waals surface area contributed by atoms with Gasteiger partial charge in [-0.25, -0.2) is 13.2 Å². The Hall–Kier alpha value is -2.05. The van der Waals surface area contributed by atoms with Crippen LogP contribution in [-0.2, 0) is 9.59 Å². The lowest BCUT2D eigenvalue weighted by Crippen LogP contribution is -2.63. The molecule has 0 radical (unpaired) electrons. The summed E-state index contributed by atoms with van der Waals surface area (Å²) in [5, 5.41) is 2.71. The van der Waals surface area contributed by atoms with Crippen LogP contribution in [0.25, 0.3) is 0 Å². The lowest BCUT2D eigenvalue weighted by Gasteiger charge is -2.41. The summed E-state index contributed by atoms with van der Waals surface area (Å²) >= 11 is 0. The molecule has 1 saturated heterocycles. The van der Waals surface area contributed by atoms with Crippen LogP contribution in [0.4, 0.5) is 13.2 Å². The van der Waals surface area contributed by atoms with Crippen molar-refractivity contribution in [2.24, 2.45) is 5.92 Å². The van der Waals surface area contributed by atoms with Crippen molar-refractivity contribution in [3.05, 3.63) is 35.1 Å².